The Morgan fingerprint density at radius 2 is 1.73 bits per heavy atom. The van der Waals surface area contributed by atoms with Gasteiger partial charge in [0.05, 0.1) is 20.7 Å². The minimum absolute atomic E-state index is 0.0352. The summed E-state index contributed by atoms with van der Waals surface area (Å²) in [7, 11) is 0. The monoisotopic (exact) mass is 336 g/mol. The van der Waals surface area contributed by atoms with Crippen molar-refractivity contribution in [2.75, 3.05) is 0 Å². The fraction of sp³-hybridized carbons (Fsp3) is 0.0667. The van der Waals surface area contributed by atoms with Crippen molar-refractivity contribution in [2.45, 2.75) is 6.10 Å². The van der Waals surface area contributed by atoms with Crippen LogP contribution in [0.3, 0.4) is 0 Å². The number of hydrogen-bond acceptors (Lipinski definition) is 4. The molecule has 2 aromatic carbocycles. The number of hydroxylamine groups is 1. The Labute approximate surface area is 136 Å². The van der Waals surface area contributed by atoms with E-state index < -0.39 is 4.92 Å². The molecule has 0 saturated heterocycles. The Hall–Kier alpha value is -2.08. The van der Waals surface area contributed by atoms with Gasteiger partial charge in [0.1, 0.15) is 6.10 Å². The number of nitro benzene ring substituents is 1. The first kappa shape index (κ1) is 14.8. The van der Waals surface area contributed by atoms with Crippen molar-refractivity contribution < 1.29 is 9.76 Å². The Morgan fingerprint density at radius 3 is 2.32 bits per heavy atom. The van der Waals surface area contributed by atoms with Gasteiger partial charge in [-0.3, -0.25) is 20.4 Å². The predicted octanol–water partition coefficient (Wildman–Crippen LogP) is 4.52. The standard InChI is InChI=1S/C15H10Cl2N2O3/c16-11-2-1-3-12(17)15(11)13-8-14(22-18-13)9-4-6-10(7-5-9)19(20)21/h1-8,14,18H. The van der Waals surface area contributed by atoms with E-state index in [4.69, 9.17) is 28.0 Å². The Balaban J connectivity index is 1.89. The maximum absolute atomic E-state index is 10.7. The molecule has 1 unspecified atom stereocenters. The molecule has 1 atom stereocenters. The Morgan fingerprint density at radius 1 is 1.09 bits per heavy atom. The molecule has 1 aliphatic heterocycles. The molecule has 2 aromatic rings. The maximum atomic E-state index is 10.7. The molecule has 1 aliphatic rings. The lowest BCUT2D eigenvalue weighted by Crippen LogP contribution is -2.08. The summed E-state index contributed by atoms with van der Waals surface area (Å²) in [6, 6.07) is 11.4. The molecule has 0 saturated carbocycles. The summed E-state index contributed by atoms with van der Waals surface area (Å²) >= 11 is 12.3. The second kappa shape index (κ2) is 5.96. The van der Waals surface area contributed by atoms with Crippen molar-refractivity contribution in [1.29, 1.82) is 0 Å². The van der Waals surface area contributed by atoms with Crippen molar-refractivity contribution in [3.8, 4) is 0 Å². The van der Waals surface area contributed by atoms with E-state index in [0.717, 1.165) is 5.56 Å². The Kier molecular flexibility index (Phi) is 4.02. The zero-order chi connectivity index (χ0) is 15.7. The molecule has 3 rings (SSSR count). The lowest BCUT2D eigenvalue weighted by atomic mass is 10.1. The summed E-state index contributed by atoms with van der Waals surface area (Å²) in [6.07, 6.45) is 1.46. The van der Waals surface area contributed by atoms with Crippen LogP contribution in [0.25, 0.3) is 5.70 Å². The molecule has 5 nitrogen and oxygen atoms in total. The van der Waals surface area contributed by atoms with Crippen LogP contribution in [0.1, 0.15) is 17.2 Å². The number of non-ortho nitro benzene ring substituents is 1. The van der Waals surface area contributed by atoms with Crippen LogP contribution in [0.15, 0.2) is 48.5 Å². The van der Waals surface area contributed by atoms with Gasteiger partial charge in [-0.1, -0.05) is 29.3 Å². The molecular weight excluding hydrogens is 327 g/mol. The van der Waals surface area contributed by atoms with E-state index in [1.165, 1.54) is 12.1 Å². The number of nitro groups is 1. The molecule has 0 spiro atoms. The molecule has 0 fully saturated rings. The lowest BCUT2D eigenvalue weighted by Gasteiger charge is -2.08. The molecular formula is C15H10Cl2N2O3. The van der Waals surface area contributed by atoms with Crippen LogP contribution in [-0.4, -0.2) is 4.92 Å². The van der Waals surface area contributed by atoms with E-state index in [0.29, 0.717) is 21.3 Å². The predicted molar refractivity (Wildman–Crippen MR) is 84.5 cm³/mol. The SMILES string of the molecule is O=[N+]([O-])c1ccc(C2C=C(c3c(Cl)cccc3Cl)NO2)cc1. The van der Waals surface area contributed by atoms with Crippen LogP contribution in [0.4, 0.5) is 5.69 Å². The van der Waals surface area contributed by atoms with E-state index in [-0.39, 0.29) is 11.8 Å². The average molecular weight is 337 g/mol. The van der Waals surface area contributed by atoms with Gasteiger partial charge in [-0.2, -0.15) is 0 Å². The van der Waals surface area contributed by atoms with E-state index in [2.05, 4.69) is 5.48 Å². The largest absolute Gasteiger partial charge is 0.269 e. The highest BCUT2D eigenvalue weighted by molar-refractivity contribution is 6.37. The highest BCUT2D eigenvalue weighted by Crippen LogP contribution is 2.35. The number of rotatable bonds is 3. The van der Waals surface area contributed by atoms with Gasteiger partial charge in [0, 0.05) is 17.7 Å². The first-order valence-electron chi connectivity index (χ1n) is 6.38. The summed E-state index contributed by atoms with van der Waals surface area (Å²) in [5.41, 5.74) is 4.95. The normalized spacial score (nSPS) is 17.0. The molecule has 1 heterocycles. The zero-order valence-corrected chi connectivity index (χ0v) is 12.6. The molecule has 0 aromatic heterocycles. The van der Waals surface area contributed by atoms with E-state index >= 15 is 0 Å². The molecule has 22 heavy (non-hydrogen) atoms. The van der Waals surface area contributed by atoms with Crippen molar-refractivity contribution in [3.63, 3.8) is 0 Å². The fourth-order valence-electron chi connectivity index (χ4n) is 2.19. The minimum atomic E-state index is -0.442. The lowest BCUT2D eigenvalue weighted by molar-refractivity contribution is -0.384. The minimum Gasteiger partial charge on any atom is -0.266 e. The average Bonchev–Trinajstić information content (AvgIpc) is 2.97. The van der Waals surface area contributed by atoms with Crippen molar-refractivity contribution in [3.05, 3.63) is 79.8 Å². The van der Waals surface area contributed by atoms with Gasteiger partial charge in [-0.05, 0) is 35.9 Å². The number of hydrogen-bond donors (Lipinski definition) is 1. The van der Waals surface area contributed by atoms with Crippen LogP contribution in [0.5, 0.6) is 0 Å². The van der Waals surface area contributed by atoms with Crippen LogP contribution in [0.2, 0.25) is 10.0 Å². The van der Waals surface area contributed by atoms with Crippen LogP contribution in [-0.2, 0) is 4.84 Å². The molecule has 0 radical (unpaired) electrons. The van der Waals surface area contributed by atoms with E-state index in [1.807, 2.05) is 6.08 Å². The van der Waals surface area contributed by atoms with Crippen molar-refractivity contribution in [2.24, 2.45) is 0 Å². The third-order valence-corrected chi connectivity index (χ3v) is 3.91. The third kappa shape index (κ3) is 2.78. The molecule has 1 N–H and O–H groups in total. The second-order valence-electron chi connectivity index (χ2n) is 4.67. The van der Waals surface area contributed by atoms with Gasteiger partial charge >= 0.3 is 0 Å². The number of benzene rings is 2. The molecule has 0 amide bonds. The highest BCUT2D eigenvalue weighted by atomic mass is 35.5. The third-order valence-electron chi connectivity index (χ3n) is 3.28. The summed E-state index contributed by atoms with van der Waals surface area (Å²) in [6.45, 7) is 0. The molecule has 112 valence electrons. The topological polar surface area (TPSA) is 64.4 Å². The number of nitrogens with zero attached hydrogens (tertiary/aromatic N) is 1. The quantitative estimate of drug-likeness (QED) is 0.661. The summed E-state index contributed by atoms with van der Waals surface area (Å²) < 4.78 is 0. The van der Waals surface area contributed by atoms with Gasteiger partial charge in [0.25, 0.3) is 5.69 Å². The van der Waals surface area contributed by atoms with E-state index in [9.17, 15) is 10.1 Å². The van der Waals surface area contributed by atoms with Gasteiger partial charge in [-0.15, -0.1) is 0 Å². The number of nitrogens with one attached hydrogen (secondary N) is 1. The van der Waals surface area contributed by atoms with Crippen LogP contribution >= 0.6 is 23.2 Å². The summed E-state index contributed by atoms with van der Waals surface area (Å²) in [4.78, 5) is 15.7. The molecule has 7 heteroatoms. The maximum Gasteiger partial charge on any atom is 0.269 e. The first-order valence-corrected chi connectivity index (χ1v) is 7.14. The van der Waals surface area contributed by atoms with Crippen molar-refractivity contribution >= 4 is 34.6 Å². The Bertz CT molecular complexity index is 740. The highest BCUT2D eigenvalue weighted by Gasteiger charge is 2.22. The number of halogens is 2. The van der Waals surface area contributed by atoms with E-state index in [1.54, 1.807) is 30.3 Å². The zero-order valence-electron chi connectivity index (χ0n) is 11.1. The molecule has 0 bridgehead atoms. The summed E-state index contributed by atoms with van der Waals surface area (Å²) in [5, 5.41) is 11.7. The molecule has 0 aliphatic carbocycles. The fourth-order valence-corrected chi connectivity index (χ4v) is 2.79. The van der Waals surface area contributed by atoms with Gasteiger partial charge in [-0.25, -0.2) is 0 Å². The van der Waals surface area contributed by atoms with Gasteiger partial charge in [0.15, 0.2) is 0 Å². The second-order valence-corrected chi connectivity index (χ2v) is 5.48. The van der Waals surface area contributed by atoms with Gasteiger partial charge < -0.3 is 0 Å². The van der Waals surface area contributed by atoms with Crippen LogP contribution < -0.4 is 5.48 Å². The van der Waals surface area contributed by atoms with Crippen LogP contribution in [0, 0.1) is 10.1 Å². The first-order chi connectivity index (χ1) is 10.6. The van der Waals surface area contributed by atoms with Crippen molar-refractivity contribution in [1.82, 2.24) is 5.48 Å². The summed E-state index contributed by atoms with van der Waals surface area (Å²) in [5.74, 6) is 0. The smallest absolute Gasteiger partial charge is 0.266 e. The van der Waals surface area contributed by atoms with Gasteiger partial charge in [0.2, 0.25) is 0 Å².